The lowest BCUT2D eigenvalue weighted by Gasteiger charge is -2.17. The fourth-order valence-electron chi connectivity index (χ4n) is 3.68. The van der Waals surface area contributed by atoms with Crippen LogP contribution in [0, 0.1) is 0 Å². The van der Waals surface area contributed by atoms with E-state index >= 15 is 0 Å². The number of rotatable bonds is 12. The van der Waals surface area contributed by atoms with Crippen LogP contribution in [0.15, 0.2) is 76.5 Å². The Kier molecular flexibility index (Phi) is 9.03. The van der Waals surface area contributed by atoms with E-state index in [9.17, 15) is 18.0 Å². The van der Waals surface area contributed by atoms with Crippen LogP contribution in [-0.2, 0) is 38.8 Å². The highest BCUT2D eigenvalue weighted by Crippen LogP contribution is 2.33. The van der Waals surface area contributed by atoms with Crippen LogP contribution >= 0.6 is 0 Å². The highest BCUT2D eigenvalue weighted by Gasteiger charge is 2.25. The molecule has 8 heteroatoms. The third-order valence-corrected chi connectivity index (χ3v) is 7.22. The van der Waals surface area contributed by atoms with E-state index in [1.165, 1.54) is 25.3 Å². The van der Waals surface area contributed by atoms with Gasteiger partial charge in [-0.15, -0.1) is 0 Å². The Hall–Kier alpha value is -3.65. The van der Waals surface area contributed by atoms with Crippen molar-refractivity contribution >= 4 is 22.2 Å². The fourth-order valence-corrected chi connectivity index (χ4v) is 5.02. The molecule has 184 valence electrons. The summed E-state index contributed by atoms with van der Waals surface area (Å²) >= 11 is 0. The summed E-state index contributed by atoms with van der Waals surface area (Å²) in [7, 11) is -2.65. The minimum absolute atomic E-state index is 0.00350. The molecule has 35 heavy (non-hydrogen) atoms. The number of nitrogens with one attached hydrogen (secondary N) is 1. The second kappa shape index (κ2) is 12.2. The number of ether oxygens (including phenoxy) is 2. The molecule has 3 rings (SSSR count). The molecule has 0 saturated carbocycles. The summed E-state index contributed by atoms with van der Waals surface area (Å²) in [4.78, 5) is 23.2. The Labute approximate surface area is 206 Å². The average molecular weight is 496 g/mol. The van der Waals surface area contributed by atoms with Gasteiger partial charge in [0.25, 0.3) is 0 Å². The lowest BCUT2D eigenvalue weighted by molar-refractivity contribution is -0.109. The Morgan fingerprint density at radius 2 is 1.66 bits per heavy atom. The highest BCUT2D eigenvalue weighted by atomic mass is 32.2. The van der Waals surface area contributed by atoms with Gasteiger partial charge in [0.15, 0.2) is 0 Å². The Morgan fingerprint density at radius 3 is 2.29 bits per heavy atom. The van der Waals surface area contributed by atoms with Crippen molar-refractivity contribution in [3.05, 3.63) is 89.0 Å². The second-order valence-electron chi connectivity index (χ2n) is 7.94. The summed E-state index contributed by atoms with van der Waals surface area (Å²) in [5.41, 5.74) is 2.52. The molecule has 0 atom stereocenters. The Balaban J connectivity index is 2.00. The molecule has 7 nitrogen and oxygen atoms in total. The standard InChI is InChI=1S/C27H29NO6S/c1-3-7-22-16-24(35(31,32)23-12-10-20(11-13-23)14-15-28-19-29)17-25(27(30)33-2)26(22)34-18-21-8-5-4-6-9-21/h4-6,8-13,16-17,19H,3,7,14-15,18H2,1-2H3,(H,28,29). The van der Waals surface area contributed by atoms with Crippen molar-refractivity contribution in [2.75, 3.05) is 13.7 Å². The first-order chi connectivity index (χ1) is 16.9. The normalized spacial score (nSPS) is 11.0. The summed E-state index contributed by atoms with van der Waals surface area (Å²) in [5, 5.41) is 2.58. The maximum atomic E-state index is 13.5. The van der Waals surface area contributed by atoms with Gasteiger partial charge in [-0.1, -0.05) is 55.8 Å². The predicted octanol–water partition coefficient (Wildman–Crippen LogP) is 4.13. The van der Waals surface area contributed by atoms with Crippen molar-refractivity contribution in [2.24, 2.45) is 0 Å². The first-order valence-electron chi connectivity index (χ1n) is 11.3. The monoisotopic (exact) mass is 495 g/mol. The summed E-state index contributed by atoms with van der Waals surface area (Å²) < 4.78 is 37.9. The first-order valence-corrected chi connectivity index (χ1v) is 12.8. The maximum absolute atomic E-state index is 13.5. The Bertz CT molecular complexity index is 1250. The van der Waals surface area contributed by atoms with E-state index < -0.39 is 15.8 Å². The third kappa shape index (κ3) is 6.48. The molecular weight excluding hydrogens is 466 g/mol. The van der Waals surface area contributed by atoms with Gasteiger partial charge < -0.3 is 14.8 Å². The zero-order valence-electron chi connectivity index (χ0n) is 19.8. The molecular formula is C27H29NO6S. The van der Waals surface area contributed by atoms with E-state index in [1.807, 2.05) is 37.3 Å². The van der Waals surface area contributed by atoms with Gasteiger partial charge >= 0.3 is 5.97 Å². The molecule has 3 aromatic rings. The molecule has 0 aliphatic heterocycles. The summed E-state index contributed by atoms with van der Waals surface area (Å²) in [5.74, 6) is -0.333. The zero-order valence-corrected chi connectivity index (χ0v) is 20.6. The number of hydrogen-bond acceptors (Lipinski definition) is 6. The fraction of sp³-hybridized carbons (Fsp3) is 0.259. The Morgan fingerprint density at radius 1 is 0.943 bits per heavy atom. The van der Waals surface area contributed by atoms with Gasteiger partial charge in [0.2, 0.25) is 16.2 Å². The van der Waals surface area contributed by atoms with Crippen molar-refractivity contribution in [2.45, 2.75) is 42.6 Å². The van der Waals surface area contributed by atoms with Gasteiger partial charge in [0.1, 0.15) is 17.9 Å². The number of carbonyl (C=O) groups is 2. The third-order valence-electron chi connectivity index (χ3n) is 5.48. The number of carbonyl (C=O) groups excluding carboxylic acids is 2. The molecule has 1 amide bonds. The number of methoxy groups -OCH3 is 1. The van der Waals surface area contributed by atoms with Crippen LogP contribution in [0.2, 0.25) is 0 Å². The van der Waals surface area contributed by atoms with Crippen molar-refractivity contribution in [3.8, 4) is 5.75 Å². The van der Waals surface area contributed by atoms with Crippen LogP contribution in [0.4, 0.5) is 0 Å². The van der Waals surface area contributed by atoms with E-state index in [0.29, 0.717) is 37.1 Å². The van der Waals surface area contributed by atoms with Gasteiger partial charge in [0, 0.05) is 6.54 Å². The van der Waals surface area contributed by atoms with Gasteiger partial charge in [0.05, 0.1) is 16.9 Å². The van der Waals surface area contributed by atoms with Crippen LogP contribution in [0.3, 0.4) is 0 Å². The van der Waals surface area contributed by atoms with E-state index in [4.69, 9.17) is 9.47 Å². The topological polar surface area (TPSA) is 98.8 Å². The first kappa shape index (κ1) is 26.0. The molecule has 0 aromatic heterocycles. The number of esters is 1. The molecule has 0 radical (unpaired) electrons. The molecule has 1 N–H and O–H groups in total. The van der Waals surface area contributed by atoms with E-state index in [-0.39, 0.29) is 22.0 Å². The molecule has 3 aromatic carbocycles. The van der Waals surface area contributed by atoms with Crippen LogP contribution in [-0.4, -0.2) is 34.5 Å². The second-order valence-corrected chi connectivity index (χ2v) is 9.89. The van der Waals surface area contributed by atoms with E-state index in [0.717, 1.165) is 17.5 Å². The van der Waals surface area contributed by atoms with E-state index in [1.54, 1.807) is 18.2 Å². The molecule has 0 spiro atoms. The molecule has 0 aliphatic rings. The molecule has 0 aliphatic carbocycles. The van der Waals surface area contributed by atoms with Gasteiger partial charge in [-0.2, -0.15) is 0 Å². The molecule has 0 fully saturated rings. The van der Waals surface area contributed by atoms with Crippen LogP contribution in [0.1, 0.15) is 40.4 Å². The van der Waals surface area contributed by atoms with Gasteiger partial charge in [-0.3, -0.25) is 4.79 Å². The van der Waals surface area contributed by atoms with E-state index in [2.05, 4.69) is 5.32 Å². The lowest BCUT2D eigenvalue weighted by Crippen LogP contribution is -2.14. The van der Waals surface area contributed by atoms with Crippen molar-refractivity contribution in [3.63, 3.8) is 0 Å². The molecule has 0 saturated heterocycles. The number of hydrogen-bond donors (Lipinski definition) is 1. The summed E-state index contributed by atoms with van der Waals surface area (Å²) in [6.07, 6.45) is 2.47. The number of sulfone groups is 1. The molecule has 0 unspecified atom stereocenters. The predicted molar refractivity (Wildman–Crippen MR) is 132 cm³/mol. The van der Waals surface area contributed by atoms with Crippen molar-refractivity contribution < 1.29 is 27.5 Å². The SMILES string of the molecule is CCCc1cc(S(=O)(=O)c2ccc(CCNC=O)cc2)cc(C(=O)OC)c1OCc1ccccc1. The van der Waals surface area contributed by atoms with Crippen LogP contribution in [0.25, 0.3) is 0 Å². The van der Waals surface area contributed by atoms with Crippen molar-refractivity contribution in [1.29, 1.82) is 0 Å². The number of benzene rings is 3. The highest BCUT2D eigenvalue weighted by molar-refractivity contribution is 7.91. The minimum atomic E-state index is -3.90. The largest absolute Gasteiger partial charge is 0.488 e. The van der Waals surface area contributed by atoms with Gasteiger partial charge in [-0.25, -0.2) is 13.2 Å². The smallest absolute Gasteiger partial charge is 0.341 e. The molecule has 0 heterocycles. The average Bonchev–Trinajstić information content (AvgIpc) is 2.88. The minimum Gasteiger partial charge on any atom is -0.488 e. The van der Waals surface area contributed by atoms with Crippen LogP contribution in [0.5, 0.6) is 5.75 Å². The van der Waals surface area contributed by atoms with Crippen LogP contribution < -0.4 is 10.1 Å². The van der Waals surface area contributed by atoms with Gasteiger partial charge in [-0.05, 0) is 53.8 Å². The number of aryl methyl sites for hydroxylation is 1. The number of amides is 1. The maximum Gasteiger partial charge on any atom is 0.341 e. The molecule has 0 bridgehead atoms. The summed E-state index contributed by atoms with van der Waals surface area (Å²) in [6.45, 7) is 2.66. The van der Waals surface area contributed by atoms with Crippen molar-refractivity contribution in [1.82, 2.24) is 5.32 Å². The zero-order chi connectivity index (χ0) is 25.3. The lowest BCUT2D eigenvalue weighted by atomic mass is 10.0. The summed E-state index contributed by atoms with van der Waals surface area (Å²) in [6, 6.07) is 18.9. The quantitative estimate of drug-likeness (QED) is 0.231.